The van der Waals surface area contributed by atoms with Gasteiger partial charge < -0.3 is 19.2 Å². The lowest BCUT2D eigenvalue weighted by Crippen LogP contribution is -2.29. The zero-order valence-corrected chi connectivity index (χ0v) is 19.2. The third-order valence-electron chi connectivity index (χ3n) is 6.02. The van der Waals surface area contributed by atoms with Gasteiger partial charge in [-0.2, -0.15) is 0 Å². The number of carbonyl (C=O) groups excluding carboxylic acids is 2. The van der Waals surface area contributed by atoms with Crippen LogP contribution in [-0.4, -0.2) is 28.8 Å². The van der Waals surface area contributed by atoms with Crippen LogP contribution in [0, 0.1) is 6.92 Å². The molecule has 0 radical (unpaired) electrons. The van der Waals surface area contributed by atoms with Crippen LogP contribution in [-0.2, 0) is 16.1 Å². The maximum atomic E-state index is 13.2. The lowest BCUT2D eigenvalue weighted by molar-refractivity contribution is -0.140. The molecule has 6 nitrogen and oxygen atoms in total. The molecule has 33 heavy (non-hydrogen) atoms. The average Bonchev–Trinajstić information content (AvgIpc) is 3.41. The van der Waals surface area contributed by atoms with Crippen molar-refractivity contribution in [3.63, 3.8) is 0 Å². The van der Waals surface area contributed by atoms with Gasteiger partial charge in [0.2, 0.25) is 0 Å². The Labute approximate surface area is 193 Å². The molecule has 1 N–H and O–H groups in total. The first-order valence-electron chi connectivity index (χ1n) is 10.9. The summed E-state index contributed by atoms with van der Waals surface area (Å²) in [5.41, 5.74) is 2.97. The number of aliphatic hydroxyl groups is 1. The molecule has 1 unspecified atom stereocenters. The molecule has 170 valence electrons. The van der Waals surface area contributed by atoms with Gasteiger partial charge in [0.1, 0.15) is 17.3 Å². The largest absolute Gasteiger partial charge is 0.507 e. The second-order valence-corrected chi connectivity index (χ2v) is 8.48. The molecule has 0 saturated carbocycles. The van der Waals surface area contributed by atoms with Crippen molar-refractivity contribution in [1.82, 2.24) is 4.90 Å². The summed E-state index contributed by atoms with van der Waals surface area (Å²) < 4.78 is 10.9. The minimum absolute atomic E-state index is 0.0701. The van der Waals surface area contributed by atoms with E-state index in [9.17, 15) is 14.7 Å². The Morgan fingerprint density at radius 3 is 2.45 bits per heavy atom. The number of benzene rings is 2. The number of furan rings is 1. The molecule has 1 aliphatic rings. The maximum absolute atomic E-state index is 13.2. The Balaban J connectivity index is 1.91. The minimum atomic E-state index is -0.736. The number of Topliss-reactive ketones (excluding diaryl/α,β-unsaturated/α-hetero) is 1. The van der Waals surface area contributed by atoms with Gasteiger partial charge in [-0.15, -0.1) is 0 Å². The summed E-state index contributed by atoms with van der Waals surface area (Å²) in [4.78, 5) is 27.8. The van der Waals surface area contributed by atoms with Crippen LogP contribution in [0.4, 0.5) is 0 Å². The first-order valence-corrected chi connectivity index (χ1v) is 10.9. The van der Waals surface area contributed by atoms with Crippen molar-refractivity contribution in [2.24, 2.45) is 0 Å². The fourth-order valence-corrected chi connectivity index (χ4v) is 4.32. The Morgan fingerprint density at radius 2 is 1.85 bits per heavy atom. The quantitative estimate of drug-likeness (QED) is 0.315. The van der Waals surface area contributed by atoms with E-state index < -0.39 is 17.7 Å². The van der Waals surface area contributed by atoms with E-state index in [1.165, 1.54) is 11.2 Å². The second kappa shape index (κ2) is 8.98. The van der Waals surface area contributed by atoms with Gasteiger partial charge in [-0.05, 0) is 53.8 Å². The summed E-state index contributed by atoms with van der Waals surface area (Å²) >= 11 is 0. The molecular weight excluding hydrogens is 418 g/mol. The molecule has 1 fully saturated rings. The van der Waals surface area contributed by atoms with Crippen molar-refractivity contribution >= 4 is 17.4 Å². The molecule has 1 atom stereocenters. The van der Waals surface area contributed by atoms with Crippen LogP contribution in [0.3, 0.4) is 0 Å². The van der Waals surface area contributed by atoms with Crippen LogP contribution in [0.2, 0.25) is 0 Å². The number of ether oxygens (including phenoxy) is 1. The number of ketones is 1. The Morgan fingerprint density at radius 1 is 1.12 bits per heavy atom. The lowest BCUT2D eigenvalue weighted by atomic mass is 9.91. The fourth-order valence-electron chi connectivity index (χ4n) is 4.32. The van der Waals surface area contributed by atoms with E-state index >= 15 is 0 Å². The molecule has 3 aromatic rings. The van der Waals surface area contributed by atoms with Gasteiger partial charge in [-0.3, -0.25) is 9.59 Å². The monoisotopic (exact) mass is 445 g/mol. The van der Waals surface area contributed by atoms with E-state index in [4.69, 9.17) is 9.15 Å². The summed E-state index contributed by atoms with van der Waals surface area (Å²) in [6, 6.07) is 15.7. The molecule has 6 heteroatoms. The highest BCUT2D eigenvalue weighted by molar-refractivity contribution is 6.46. The summed E-state index contributed by atoms with van der Waals surface area (Å²) in [6.07, 6.45) is 1.53. The molecule has 4 rings (SSSR count). The van der Waals surface area contributed by atoms with E-state index in [2.05, 4.69) is 0 Å². The first kappa shape index (κ1) is 22.4. The highest BCUT2D eigenvalue weighted by atomic mass is 16.5. The number of likely N-dealkylation sites (tertiary alicyclic amines) is 1. The zero-order valence-electron chi connectivity index (χ0n) is 19.2. The van der Waals surface area contributed by atoms with Crippen LogP contribution in [0.15, 0.2) is 70.9 Å². The number of rotatable bonds is 6. The summed E-state index contributed by atoms with van der Waals surface area (Å²) in [6.45, 7) is 6.03. The van der Waals surface area contributed by atoms with Crippen molar-refractivity contribution in [3.8, 4) is 5.75 Å². The van der Waals surface area contributed by atoms with Gasteiger partial charge in [0.15, 0.2) is 0 Å². The molecule has 0 bridgehead atoms. The fraction of sp³-hybridized carbons (Fsp3) is 0.259. The van der Waals surface area contributed by atoms with Crippen LogP contribution in [0.5, 0.6) is 5.75 Å². The molecule has 1 aromatic heterocycles. The predicted octanol–water partition coefficient (Wildman–Crippen LogP) is 5.34. The normalized spacial score (nSPS) is 17.7. The minimum Gasteiger partial charge on any atom is -0.507 e. The van der Waals surface area contributed by atoms with Gasteiger partial charge in [-0.1, -0.05) is 44.2 Å². The topological polar surface area (TPSA) is 80.0 Å². The SMILES string of the molecule is COc1cc(C)c(/C(O)=C2\C(=O)C(=O)N(Cc3ccco3)C2c2ccccc2)cc1C(C)C. The molecule has 1 amide bonds. The highest BCUT2D eigenvalue weighted by Crippen LogP contribution is 2.42. The zero-order chi connectivity index (χ0) is 23.7. The van der Waals surface area contributed by atoms with E-state index in [0.29, 0.717) is 11.3 Å². The smallest absolute Gasteiger partial charge is 0.296 e. The van der Waals surface area contributed by atoms with E-state index in [1.54, 1.807) is 19.2 Å². The standard InChI is InChI=1S/C27H27NO5/c1-16(2)20-14-21(17(3)13-22(20)32-4)25(29)23-24(18-9-6-5-7-10-18)28(27(31)26(23)30)15-19-11-8-12-33-19/h5-14,16,24,29H,15H2,1-4H3/b25-23+. The number of carbonyl (C=O) groups is 2. The molecule has 0 aliphatic carbocycles. The van der Waals surface area contributed by atoms with Crippen molar-refractivity contribution < 1.29 is 23.8 Å². The maximum Gasteiger partial charge on any atom is 0.296 e. The molecule has 1 saturated heterocycles. The number of aliphatic hydroxyl groups excluding tert-OH is 1. The number of methoxy groups -OCH3 is 1. The molecule has 0 spiro atoms. The van der Waals surface area contributed by atoms with Crippen LogP contribution in [0.25, 0.3) is 5.76 Å². The Bertz CT molecular complexity index is 1210. The highest BCUT2D eigenvalue weighted by Gasteiger charge is 2.46. The van der Waals surface area contributed by atoms with E-state index in [0.717, 1.165) is 22.4 Å². The van der Waals surface area contributed by atoms with E-state index in [1.807, 2.05) is 63.2 Å². The van der Waals surface area contributed by atoms with Crippen molar-refractivity contribution in [3.05, 3.63) is 94.4 Å². The summed E-state index contributed by atoms with van der Waals surface area (Å²) in [5.74, 6) is -0.159. The summed E-state index contributed by atoms with van der Waals surface area (Å²) in [5, 5.41) is 11.5. The number of aryl methyl sites for hydroxylation is 1. The third-order valence-corrected chi connectivity index (χ3v) is 6.02. The van der Waals surface area contributed by atoms with Crippen LogP contribution in [0.1, 0.15) is 53.8 Å². The van der Waals surface area contributed by atoms with Crippen molar-refractivity contribution in [2.75, 3.05) is 7.11 Å². The average molecular weight is 446 g/mol. The number of hydrogen-bond acceptors (Lipinski definition) is 5. The Hall–Kier alpha value is -3.80. The van der Waals surface area contributed by atoms with Crippen LogP contribution < -0.4 is 4.74 Å². The van der Waals surface area contributed by atoms with Crippen molar-refractivity contribution in [2.45, 2.75) is 39.3 Å². The number of nitrogens with zero attached hydrogens (tertiary/aromatic N) is 1. The third kappa shape index (κ3) is 4.04. The number of amides is 1. The Kier molecular flexibility index (Phi) is 6.09. The predicted molar refractivity (Wildman–Crippen MR) is 125 cm³/mol. The first-order chi connectivity index (χ1) is 15.8. The molecule has 2 heterocycles. The van der Waals surface area contributed by atoms with Gasteiger partial charge in [0, 0.05) is 5.56 Å². The summed E-state index contributed by atoms with van der Waals surface area (Å²) in [7, 11) is 1.61. The van der Waals surface area contributed by atoms with Gasteiger partial charge in [0.25, 0.3) is 11.7 Å². The second-order valence-electron chi connectivity index (χ2n) is 8.48. The van der Waals surface area contributed by atoms with Gasteiger partial charge in [-0.25, -0.2) is 0 Å². The van der Waals surface area contributed by atoms with E-state index in [-0.39, 0.29) is 23.8 Å². The van der Waals surface area contributed by atoms with Gasteiger partial charge in [0.05, 0.1) is 31.5 Å². The van der Waals surface area contributed by atoms with Crippen molar-refractivity contribution in [1.29, 1.82) is 0 Å². The van der Waals surface area contributed by atoms with Crippen LogP contribution >= 0.6 is 0 Å². The number of hydrogen-bond donors (Lipinski definition) is 1. The molecule has 1 aliphatic heterocycles. The van der Waals surface area contributed by atoms with Gasteiger partial charge >= 0.3 is 0 Å². The molecule has 2 aromatic carbocycles. The molecular formula is C27H27NO5. The lowest BCUT2D eigenvalue weighted by Gasteiger charge is -2.25.